The van der Waals surface area contributed by atoms with Crippen LogP contribution in [-0.2, 0) is 0 Å². The van der Waals surface area contributed by atoms with Crippen LogP contribution in [0, 0.1) is 34.8 Å². The van der Waals surface area contributed by atoms with E-state index < -0.39 is 16.1 Å². The second-order valence-electron chi connectivity index (χ2n) is 13.2. The minimum atomic E-state index is -1.66. The predicted octanol–water partition coefficient (Wildman–Crippen LogP) is 9.76. The molecule has 0 aromatic heterocycles. The lowest BCUT2D eigenvalue weighted by Crippen LogP contribution is -2.16. The molecule has 4 heteroatoms. The molecule has 4 rings (SSSR count). The third kappa shape index (κ3) is 11.5. The third-order valence-corrected chi connectivity index (χ3v) is 8.34. The van der Waals surface area contributed by atoms with Gasteiger partial charge in [0.15, 0.2) is 0 Å². The van der Waals surface area contributed by atoms with E-state index in [2.05, 4.69) is 97.0 Å². The molecule has 0 saturated heterocycles. The molecule has 4 N–H and O–H groups in total. The van der Waals surface area contributed by atoms with E-state index in [0.717, 1.165) is 33.4 Å². The van der Waals surface area contributed by atoms with Crippen LogP contribution in [-0.4, -0.2) is 16.1 Å². The minimum Gasteiger partial charge on any atom is -0.399 e. The van der Waals surface area contributed by atoms with Crippen LogP contribution in [0.5, 0.6) is 0 Å². The van der Waals surface area contributed by atoms with Gasteiger partial charge in [-0.2, -0.15) is 0 Å². The maximum atomic E-state index is 5.98. The highest BCUT2D eigenvalue weighted by Gasteiger charge is 2.09. The van der Waals surface area contributed by atoms with E-state index in [0.29, 0.717) is 22.5 Å². The highest BCUT2D eigenvalue weighted by molar-refractivity contribution is 6.84. The van der Waals surface area contributed by atoms with Crippen LogP contribution in [0.25, 0.3) is 22.3 Å². The first-order chi connectivity index (χ1) is 22.9. The first-order valence-corrected chi connectivity index (χ1v) is 22.8. The zero-order valence-corrected chi connectivity index (χ0v) is 30.5. The van der Waals surface area contributed by atoms with Gasteiger partial charge >= 0.3 is 0 Å². The van der Waals surface area contributed by atoms with Crippen molar-refractivity contribution < 1.29 is 0 Å². The third-order valence-electron chi connectivity index (χ3n) is 6.59. The molecule has 0 aliphatic rings. The van der Waals surface area contributed by atoms with Crippen LogP contribution in [0.1, 0.15) is 22.3 Å². The summed E-state index contributed by atoms with van der Waals surface area (Å²) in [6, 6.07) is 35.3. The summed E-state index contributed by atoms with van der Waals surface area (Å²) in [5.41, 5.74) is 40.3. The molecule has 4 aromatic carbocycles. The average molecular weight is 653 g/mol. The number of rotatable bonds is 4. The fourth-order valence-corrected chi connectivity index (χ4v) is 5.09. The van der Waals surface area contributed by atoms with Gasteiger partial charge in [-0.1, -0.05) is 171 Å². The van der Waals surface area contributed by atoms with Crippen molar-refractivity contribution in [2.24, 2.45) is 0 Å². The van der Waals surface area contributed by atoms with Gasteiger partial charge in [0.2, 0.25) is 0 Å². The molecule has 0 radical (unpaired) electrons. The van der Waals surface area contributed by atoms with E-state index in [1.54, 1.807) is 0 Å². The fraction of sp³-hybridized carbons (Fsp3) is 0.136. The Morgan fingerprint density at radius 1 is 0.375 bits per heavy atom. The summed E-state index contributed by atoms with van der Waals surface area (Å²) in [4.78, 5) is 0. The molecule has 0 atom stereocenters. The predicted molar refractivity (Wildman–Crippen MR) is 212 cm³/mol. The van der Waals surface area contributed by atoms with E-state index in [9.17, 15) is 0 Å². The van der Waals surface area contributed by atoms with Crippen LogP contribution in [0.3, 0.4) is 0 Å². The molecule has 0 spiro atoms. The Bertz CT molecular complexity index is 2010. The summed E-state index contributed by atoms with van der Waals surface area (Å²) >= 11 is 0. The maximum absolute atomic E-state index is 5.98. The van der Waals surface area contributed by atoms with Gasteiger partial charge in [-0.15, -0.1) is 11.1 Å². The van der Waals surface area contributed by atoms with Gasteiger partial charge in [0.25, 0.3) is 0 Å². The van der Waals surface area contributed by atoms with Gasteiger partial charge in [0.1, 0.15) is 16.1 Å². The van der Waals surface area contributed by atoms with Crippen molar-refractivity contribution in [3.8, 4) is 34.8 Å². The van der Waals surface area contributed by atoms with Gasteiger partial charge in [0.05, 0.1) is 22.3 Å². The molecule has 0 amide bonds. The number of benzene rings is 4. The Morgan fingerprint density at radius 2 is 0.646 bits per heavy atom. The summed E-state index contributed by atoms with van der Waals surface area (Å²) in [5.74, 6) is 13.5. The summed E-state index contributed by atoms with van der Waals surface area (Å²) in [6.07, 6.45) is 0. The monoisotopic (exact) mass is 652 g/mol. The molecule has 48 heavy (non-hydrogen) atoms. The summed E-state index contributed by atoms with van der Waals surface area (Å²) in [5, 5.41) is 0. The van der Waals surface area contributed by atoms with Crippen molar-refractivity contribution in [1.29, 1.82) is 0 Å². The molecule has 0 fully saturated rings. The Morgan fingerprint density at radius 3 is 0.938 bits per heavy atom. The van der Waals surface area contributed by atoms with Gasteiger partial charge in [-0.05, 0) is 46.5 Å². The Hall–Kier alpha value is -5.81. The Labute approximate surface area is 288 Å². The zero-order chi connectivity index (χ0) is 34.6. The molecule has 2 nitrogen and oxygen atoms in total. The lowest BCUT2D eigenvalue weighted by atomic mass is 10.0. The number of hydrogen-bond acceptors (Lipinski definition) is 2. The van der Waals surface area contributed by atoms with Crippen molar-refractivity contribution in [2.75, 3.05) is 11.5 Å². The van der Waals surface area contributed by atoms with Gasteiger partial charge < -0.3 is 11.5 Å². The number of nitrogens with two attached hydrogens (primary N) is 2. The minimum absolute atomic E-state index is 0.676. The quantitative estimate of drug-likeness (QED) is 0.0998. The lowest BCUT2D eigenvalue weighted by molar-refractivity contribution is 1.62. The highest BCUT2D eigenvalue weighted by Crippen LogP contribution is 2.19. The number of nitrogen functional groups attached to an aromatic ring is 2. The second-order valence-corrected chi connectivity index (χ2v) is 22.7. The highest BCUT2D eigenvalue weighted by atomic mass is 28.3. The Kier molecular flexibility index (Phi) is 11.8. The van der Waals surface area contributed by atoms with Crippen LogP contribution < -0.4 is 11.5 Å². The molecule has 234 valence electrons. The number of anilines is 2. The smallest absolute Gasteiger partial charge is 0.129 e. The zero-order valence-electron chi connectivity index (χ0n) is 28.5. The van der Waals surface area contributed by atoms with Crippen molar-refractivity contribution in [1.82, 2.24) is 0 Å². The van der Waals surface area contributed by atoms with Crippen molar-refractivity contribution in [3.63, 3.8) is 0 Å². The molecule has 0 bridgehead atoms. The van der Waals surface area contributed by atoms with E-state index >= 15 is 0 Å². The molecule has 0 aliphatic carbocycles. The summed E-state index contributed by atoms with van der Waals surface area (Å²) < 4.78 is 0. The maximum Gasteiger partial charge on any atom is 0.129 e. The average Bonchev–Trinajstić information content (AvgIpc) is 3.06. The van der Waals surface area contributed by atoms with Gasteiger partial charge in [-0.25, -0.2) is 0 Å². The standard InChI is InChI=1S/C44H40N2Si2/c1-47(2,3)33-31-41(39-23-27-43(45)28-24-39)21-19-37(35-13-9-7-10-14-35)17-18-38(36-15-11-8-12-16-36)20-22-42(32-34-48(4,5)6)40-25-29-44(46)30-26-40/h7-16,23-30H,45-46H2,1-6H3. The number of hydrogen-bond donors (Lipinski definition) is 2. The summed E-state index contributed by atoms with van der Waals surface area (Å²) in [7, 11) is -3.32. The van der Waals surface area contributed by atoms with Crippen LogP contribution in [0.2, 0.25) is 39.3 Å². The van der Waals surface area contributed by atoms with E-state index in [1.807, 2.05) is 109 Å². The van der Waals surface area contributed by atoms with E-state index in [-0.39, 0.29) is 0 Å². The molecule has 0 heterocycles. The fourth-order valence-electron chi connectivity index (χ4n) is 4.09. The number of allylic oxidation sites excluding steroid dienone is 4. The molecule has 0 saturated carbocycles. The first kappa shape index (κ1) is 35.1. The van der Waals surface area contributed by atoms with Crippen LogP contribution >= 0.6 is 0 Å². The second kappa shape index (κ2) is 16.1. The molecular formula is C44H40N2Si2. The topological polar surface area (TPSA) is 52.0 Å². The van der Waals surface area contributed by atoms with E-state index in [4.69, 9.17) is 11.5 Å². The van der Waals surface area contributed by atoms with Crippen molar-refractivity contribution in [2.45, 2.75) is 39.3 Å². The molecular weight excluding hydrogens is 613 g/mol. The largest absolute Gasteiger partial charge is 0.399 e. The van der Waals surface area contributed by atoms with Crippen LogP contribution in [0.15, 0.2) is 132 Å². The normalized spacial score (nSPS) is 10.0. The van der Waals surface area contributed by atoms with Gasteiger partial charge in [0, 0.05) is 11.4 Å². The first-order valence-electron chi connectivity index (χ1n) is 15.8. The molecule has 0 aliphatic heterocycles. The van der Waals surface area contributed by atoms with Crippen molar-refractivity contribution in [3.05, 3.63) is 154 Å². The van der Waals surface area contributed by atoms with Crippen LogP contribution in [0.4, 0.5) is 11.4 Å². The summed E-state index contributed by atoms with van der Waals surface area (Å²) in [6.45, 7) is 13.3. The molecule has 0 unspecified atom stereocenters. The molecule has 4 aromatic rings. The van der Waals surface area contributed by atoms with E-state index in [1.165, 1.54) is 0 Å². The van der Waals surface area contributed by atoms with Crippen molar-refractivity contribution >= 4 is 49.8 Å². The lowest BCUT2D eigenvalue weighted by Gasteiger charge is -2.04. The van der Waals surface area contributed by atoms with Gasteiger partial charge in [-0.3, -0.25) is 0 Å². The SMILES string of the molecule is C[Si](C)(C)C#CC(=C=C=C(C#CC(=C=C=C(C#C[Si](C)(C)C)c1ccc(N)cc1)c1ccccc1)c1ccccc1)c1ccc(N)cc1. The Balaban J connectivity index is 2.05.